The van der Waals surface area contributed by atoms with Crippen LogP contribution in [-0.2, 0) is 19.6 Å². The lowest BCUT2D eigenvalue weighted by Gasteiger charge is -2.33. The fraction of sp³-hybridized carbons (Fsp3) is 0.556. The Morgan fingerprint density at radius 3 is 2.38 bits per heavy atom. The first kappa shape index (κ1) is 20.4. The van der Waals surface area contributed by atoms with E-state index in [-0.39, 0.29) is 29.5 Å². The molecule has 2 rings (SSSR count). The van der Waals surface area contributed by atoms with Crippen molar-refractivity contribution in [3.05, 3.63) is 29.8 Å². The van der Waals surface area contributed by atoms with Crippen LogP contribution in [0.1, 0.15) is 37.6 Å². The molecule has 0 unspecified atom stereocenters. The van der Waals surface area contributed by atoms with Gasteiger partial charge in [-0.25, -0.2) is 13.2 Å². The van der Waals surface area contributed by atoms with E-state index in [1.54, 1.807) is 11.0 Å². The number of piperazine rings is 1. The van der Waals surface area contributed by atoms with Crippen molar-refractivity contribution in [2.75, 3.05) is 32.8 Å². The van der Waals surface area contributed by atoms with Crippen molar-refractivity contribution in [3.63, 3.8) is 0 Å². The SMILES string of the molecule is CC(=O)N1CCN(S(=O)(=O)c2cccc(C(=O)OCCC(C)C)c2)CC1. The summed E-state index contributed by atoms with van der Waals surface area (Å²) in [5, 5.41) is 0. The highest BCUT2D eigenvalue weighted by Crippen LogP contribution is 2.19. The summed E-state index contributed by atoms with van der Waals surface area (Å²) < 4.78 is 32.2. The molecule has 1 aliphatic rings. The molecule has 1 saturated heterocycles. The Morgan fingerprint density at radius 2 is 1.81 bits per heavy atom. The van der Waals surface area contributed by atoms with Crippen molar-refractivity contribution >= 4 is 21.9 Å². The maximum atomic E-state index is 12.8. The third-order valence-electron chi connectivity index (χ3n) is 4.32. The third kappa shape index (κ3) is 5.04. The van der Waals surface area contributed by atoms with Crippen LogP contribution in [-0.4, -0.2) is 62.3 Å². The topological polar surface area (TPSA) is 84.0 Å². The van der Waals surface area contributed by atoms with Gasteiger partial charge in [-0.05, 0) is 30.5 Å². The lowest BCUT2D eigenvalue weighted by Crippen LogP contribution is -2.49. The zero-order valence-electron chi connectivity index (χ0n) is 15.5. The lowest BCUT2D eigenvalue weighted by molar-refractivity contribution is -0.129. The predicted octanol–water partition coefficient (Wildman–Crippen LogP) is 1.74. The Balaban J connectivity index is 2.08. The fourth-order valence-corrected chi connectivity index (χ4v) is 4.12. The van der Waals surface area contributed by atoms with Gasteiger partial charge >= 0.3 is 5.97 Å². The number of nitrogens with zero attached hydrogens (tertiary/aromatic N) is 2. The molecule has 7 nitrogen and oxygen atoms in total. The number of hydrogen-bond acceptors (Lipinski definition) is 5. The Labute approximate surface area is 155 Å². The van der Waals surface area contributed by atoms with Gasteiger partial charge in [0.15, 0.2) is 0 Å². The molecule has 1 amide bonds. The monoisotopic (exact) mass is 382 g/mol. The first-order valence-electron chi connectivity index (χ1n) is 8.74. The summed E-state index contributed by atoms with van der Waals surface area (Å²) in [5.74, 6) is -0.166. The van der Waals surface area contributed by atoms with Crippen LogP contribution in [0.5, 0.6) is 0 Å². The average Bonchev–Trinajstić information content (AvgIpc) is 2.61. The second-order valence-corrected chi connectivity index (χ2v) is 8.69. The zero-order valence-corrected chi connectivity index (χ0v) is 16.3. The number of carbonyl (C=O) groups is 2. The number of hydrogen-bond donors (Lipinski definition) is 0. The number of ether oxygens (including phenoxy) is 1. The molecular weight excluding hydrogens is 356 g/mol. The van der Waals surface area contributed by atoms with Crippen LogP contribution in [0.3, 0.4) is 0 Å². The van der Waals surface area contributed by atoms with Crippen LogP contribution in [0.2, 0.25) is 0 Å². The van der Waals surface area contributed by atoms with Gasteiger partial charge in [0.2, 0.25) is 15.9 Å². The second kappa shape index (κ2) is 8.64. The number of benzene rings is 1. The van der Waals surface area contributed by atoms with Crippen LogP contribution >= 0.6 is 0 Å². The van der Waals surface area contributed by atoms with Crippen LogP contribution in [0.25, 0.3) is 0 Å². The predicted molar refractivity (Wildman–Crippen MR) is 97.2 cm³/mol. The summed E-state index contributed by atoms with van der Waals surface area (Å²) >= 11 is 0. The van der Waals surface area contributed by atoms with Crippen molar-refractivity contribution in [3.8, 4) is 0 Å². The minimum Gasteiger partial charge on any atom is -0.462 e. The van der Waals surface area contributed by atoms with Crippen molar-refractivity contribution in [1.82, 2.24) is 9.21 Å². The molecule has 0 saturated carbocycles. The molecule has 8 heteroatoms. The van der Waals surface area contributed by atoms with Gasteiger partial charge in [-0.15, -0.1) is 0 Å². The fourth-order valence-electron chi connectivity index (χ4n) is 2.65. The zero-order chi connectivity index (χ0) is 19.3. The summed E-state index contributed by atoms with van der Waals surface area (Å²) in [7, 11) is -3.71. The largest absolute Gasteiger partial charge is 0.462 e. The van der Waals surface area contributed by atoms with Gasteiger partial charge in [-0.3, -0.25) is 4.79 Å². The van der Waals surface area contributed by atoms with Crippen molar-refractivity contribution in [2.45, 2.75) is 32.1 Å². The smallest absolute Gasteiger partial charge is 0.338 e. The van der Waals surface area contributed by atoms with Crippen molar-refractivity contribution in [2.24, 2.45) is 5.92 Å². The van der Waals surface area contributed by atoms with Gasteiger partial charge in [-0.1, -0.05) is 19.9 Å². The van der Waals surface area contributed by atoms with Crippen LogP contribution in [0.4, 0.5) is 0 Å². The summed E-state index contributed by atoms with van der Waals surface area (Å²) in [6.07, 6.45) is 0.754. The number of sulfonamides is 1. The molecule has 0 atom stereocenters. The van der Waals surface area contributed by atoms with E-state index in [2.05, 4.69) is 0 Å². The van der Waals surface area contributed by atoms with Crippen molar-refractivity contribution in [1.29, 1.82) is 0 Å². The molecule has 1 aliphatic heterocycles. The highest BCUT2D eigenvalue weighted by atomic mass is 32.2. The number of amides is 1. The molecular formula is C18H26N2O5S. The molecule has 1 heterocycles. The summed E-state index contributed by atoms with van der Waals surface area (Å²) in [4.78, 5) is 25.2. The molecule has 144 valence electrons. The minimum atomic E-state index is -3.71. The van der Waals surface area contributed by atoms with E-state index in [4.69, 9.17) is 4.74 Å². The second-order valence-electron chi connectivity index (χ2n) is 6.76. The Kier molecular flexibility index (Phi) is 6.77. The van der Waals surface area contributed by atoms with E-state index in [9.17, 15) is 18.0 Å². The van der Waals surface area contributed by atoms with E-state index in [0.717, 1.165) is 6.42 Å². The van der Waals surface area contributed by atoms with Crippen LogP contribution < -0.4 is 0 Å². The molecule has 0 N–H and O–H groups in total. The van der Waals surface area contributed by atoms with Gasteiger partial charge in [0.05, 0.1) is 17.1 Å². The first-order chi connectivity index (χ1) is 12.2. The molecule has 1 aromatic rings. The van der Waals surface area contributed by atoms with Crippen LogP contribution in [0.15, 0.2) is 29.2 Å². The van der Waals surface area contributed by atoms with Crippen LogP contribution in [0, 0.1) is 5.92 Å². The first-order valence-corrected chi connectivity index (χ1v) is 10.2. The molecule has 0 radical (unpaired) electrons. The molecule has 0 bridgehead atoms. The highest BCUT2D eigenvalue weighted by molar-refractivity contribution is 7.89. The van der Waals surface area contributed by atoms with Gasteiger partial charge in [-0.2, -0.15) is 4.31 Å². The molecule has 1 fully saturated rings. The molecule has 0 aliphatic carbocycles. The van der Waals surface area contributed by atoms with E-state index in [1.807, 2.05) is 13.8 Å². The minimum absolute atomic E-state index is 0.0619. The Bertz CT molecular complexity index is 753. The summed E-state index contributed by atoms with van der Waals surface area (Å²) in [5.41, 5.74) is 0.220. The van der Waals surface area contributed by atoms with Gasteiger partial charge in [0.25, 0.3) is 0 Å². The third-order valence-corrected chi connectivity index (χ3v) is 6.21. The summed E-state index contributed by atoms with van der Waals surface area (Å²) in [6.45, 7) is 7.06. The van der Waals surface area contributed by atoms with Gasteiger partial charge < -0.3 is 9.64 Å². The van der Waals surface area contributed by atoms with E-state index < -0.39 is 16.0 Å². The standard InChI is InChI=1S/C18H26N2O5S/c1-14(2)7-12-25-18(22)16-5-4-6-17(13-16)26(23,24)20-10-8-19(9-11-20)15(3)21/h4-6,13-14H,7-12H2,1-3H3. The van der Waals surface area contributed by atoms with E-state index in [1.165, 1.54) is 29.4 Å². The molecule has 1 aromatic carbocycles. The lowest BCUT2D eigenvalue weighted by atomic mass is 10.1. The highest BCUT2D eigenvalue weighted by Gasteiger charge is 2.29. The number of esters is 1. The van der Waals surface area contributed by atoms with Gasteiger partial charge in [0, 0.05) is 33.1 Å². The number of carbonyl (C=O) groups excluding carboxylic acids is 2. The van der Waals surface area contributed by atoms with E-state index in [0.29, 0.717) is 25.6 Å². The maximum Gasteiger partial charge on any atom is 0.338 e. The molecule has 26 heavy (non-hydrogen) atoms. The maximum absolute atomic E-state index is 12.8. The Morgan fingerprint density at radius 1 is 1.15 bits per heavy atom. The number of rotatable bonds is 6. The average molecular weight is 382 g/mol. The van der Waals surface area contributed by atoms with E-state index >= 15 is 0 Å². The Hall–Kier alpha value is -1.93. The molecule has 0 spiro atoms. The molecule has 0 aromatic heterocycles. The van der Waals surface area contributed by atoms with Gasteiger partial charge in [0.1, 0.15) is 0 Å². The summed E-state index contributed by atoms with van der Waals surface area (Å²) in [6, 6.07) is 5.91. The quantitative estimate of drug-likeness (QED) is 0.700. The normalized spacial score (nSPS) is 15.9. The van der Waals surface area contributed by atoms with Crippen molar-refractivity contribution < 1.29 is 22.7 Å².